The SMILES string of the molecule is c1ccc2cc(-c3ccc(N(c4ccc(-c5ccc6c(c5)oc5ccccc56)cc4)c4ccc(-c5cccc6ccccc56)c5c4sc4ccccc45)cc3)ccc2c1. The molecule has 2 nitrogen and oxygen atoms in total. The zero-order chi connectivity index (χ0) is 38.9. The van der Waals surface area contributed by atoms with Gasteiger partial charge < -0.3 is 9.32 Å². The van der Waals surface area contributed by atoms with Crippen LogP contribution in [0.2, 0.25) is 0 Å². The molecule has 0 spiro atoms. The molecule has 276 valence electrons. The van der Waals surface area contributed by atoms with Gasteiger partial charge >= 0.3 is 0 Å². The molecular weight excluding hydrogens is 735 g/mol. The topological polar surface area (TPSA) is 16.4 Å². The number of benzene rings is 10. The summed E-state index contributed by atoms with van der Waals surface area (Å²) in [5.41, 5.74) is 12.3. The molecule has 0 radical (unpaired) electrons. The van der Waals surface area contributed by atoms with Crippen molar-refractivity contribution in [2.24, 2.45) is 0 Å². The standard InChI is InChI=1S/C56H35NOS/c1-2-12-40-34-41(21-20-36(40)10-1)37-22-27-43(28-23-37)57(44-29-24-38(25-30-44)42-26-31-48-47-15-5-7-18-52(47)58-53(48)35-42)51-33-32-49(46-17-9-13-39-11-3-4-14-45(39)46)55-50-16-6-8-19-54(50)59-56(51)55/h1-35H. The van der Waals surface area contributed by atoms with Gasteiger partial charge in [0, 0.05) is 37.6 Å². The monoisotopic (exact) mass is 769 g/mol. The van der Waals surface area contributed by atoms with Crippen molar-refractivity contribution in [3.63, 3.8) is 0 Å². The molecule has 2 aromatic heterocycles. The molecule has 0 amide bonds. The first kappa shape index (κ1) is 33.7. The van der Waals surface area contributed by atoms with E-state index in [1.807, 2.05) is 23.5 Å². The molecule has 0 atom stereocenters. The number of hydrogen-bond acceptors (Lipinski definition) is 3. The van der Waals surface area contributed by atoms with Gasteiger partial charge in [-0.3, -0.25) is 0 Å². The summed E-state index contributed by atoms with van der Waals surface area (Å²) < 4.78 is 8.81. The van der Waals surface area contributed by atoms with Gasteiger partial charge in [-0.2, -0.15) is 0 Å². The summed E-state index contributed by atoms with van der Waals surface area (Å²) in [5.74, 6) is 0. The predicted octanol–water partition coefficient (Wildman–Crippen LogP) is 16.7. The summed E-state index contributed by atoms with van der Waals surface area (Å²) in [6, 6.07) is 77.0. The predicted molar refractivity (Wildman–Crippen MR) is 253 cm³/mol. The van der Waals surface area contributed by atoms with E-state index in [2.05, 4.69) is 205 Å². The van der Waals surface area contributed by atoms with E-state index in [4.69, 9.17) is 4.42 Å². The highest BCUT2D eigenvalue weighted by molar-refractivity contribution is 7.26. The number of fused-ring (bicyclic) bond motifs is 8. The average molecular weight is 770 g/mol. The Balaban J connectivity index is 1.03. The van der Waals surface area contributed by atoms with Crippen LogP contribution in [0.15, 0.2) is 217 Å². The first-order valence-electron chi connectivity index (χ1n) is 20.1. The molecule has 0 unspecified atom stereocenters. The second kappa shape index (κ2) is 13.6. The summed E-state index contributed by atoms with van der Waals surface area (Å²) in [6.45, 7) is 0. The van der Waals surface area contributed by atoms with Crippen molar-refractivity contribution in [1.82, 2.24) is 0 Å². The fraction of sp³-hybridized carbons (Fsp3) is 0. The minimum atomic E-state index is 0.902. The maximum absolute atomic E-state index is 6.28. The van der Waals surface area contributed by atoms with Crippen molar-refractivity contribution in [3.8, 4) is 33.4 Å². The Kier molecular flexibility index (Phi) is 7.75. The van der Waals surface area contributed by atoms with E-state index >= 15 is 0 Å². The third kappa shape index (κ3) is 5.62. The van der Waals surface area contributed by atoms with Gasteiger partial charge in [0.2, 0.25) is 0 Å². The van der Waals surface area contributed by atoms with Gasteiger partial charge in [-0.25, -0.2) is 0 Å². The minimum Gasteiger partial charge on any atom is -0.456 e. The Hall–Kier alpha value is -7.46. The number of para-hydroxylation sites is 1. The van der Waals surface area contributed by atoms with Crippen molar-refractivity contribution < 1.29 is 4.42 Å². The Labute approximate surface area is 345 Å². The summed E-state index contributed by atoms with van der Waals surface area (Å²) in [7, 11) is 0. The van der Waals surface area contributed by atoms with Gasteiger partial charge in [-0.15, -0.1) is 11.3 Å². The minimum absolute atomic E-state index is 0.902. The van der Waals surface area contributed by atoms with E-state index in [1.54, 1.807) is 0 Å². The third-order valence-corrected chi connectivity index (χ3v) is 13.1. The van der Waals surface area contributed by atoms with Gasteiger partial charge in [0.15, 0.2) is 0 Å². The maximum Gasteiger partial charge on any atom is 0.136 e. The van der Waals surface area contributed by atoms with E-state index in [1.165, 1.54) is 64.0 Å². The number of anilines is 3. The second-order valence-corrected chi connectivity index (χ2v) is 16.3. The Morgan fingerprint density at radius 2 is 0.949 bits per heavy atom. The Morgan fingerprint density at radius 3 is 1.75 bits per heavy atom. The number of hydrogen-bond donors (Lipinski definition) is 0. The van der Waals surface area contributed by atoms with Gasteiger partial charge in [0.25, 0.3) is 0 Å². The molecule has 0 saturated heterocycles. The fourth-order valence-corrected chi connectivity index (χ4v) is 10.2. The van der Waals surface area contributed by atoms with Crippen LogP contribution in [-0.4, -0.2) is 0 Å². The molecule has 2 heterocycles. The molecule has 0 aliphatic heterocycles. The molecular formula is C56H35NOS. The van der Waals surface area contributed by atoms with Crippen LogP contribution in [0, 0.1) is 0 Å². The largest absolute Gasteiger partial charge is 0.456 e. The van der Waals surface area contributed by atoms with E-state index in [9.17, 15) is 0 Å². The van der Waals surface area contributed by atoms with Gasteiger partial charge in [-0.05, 0) is 116 Å². The van der Waals surface area contributed by atoms with Crippen LogP contribution in [0.25, 0.3) is 97.0 Å². The molecule has 0 N–H and O–H groups in total. The lowest BCUT2D eigenvalue weighted by molar-refractivity contribution is 0.669. The van der Waals surface area contributed by atoms with Crippen LogP contribution >= 0.6 is 11.3 Å². The van der Waals surface area contributed by atoms with Crippen molar-refractivity contribution in [2.45, 2.75) is 0 Å². The van der Waals surface area contributed by atoms with Crippen molar-refractivity contribution >= 4 is 92.1 Å². The molecule has 0 aliphatic carbocycles. The fourth-order valence-electron chi connectivity index (χ4n) is 8.98. The number of furan rings is 1. The van der Waals surface area contributed by atoms with E-state index < -0.39 is 0 Å². The first-order valence-corrected chi connectivity index (χ1v) is 20.9. The zero-order valence-corrected chi connectivity index (χ0v) is 32.8. The lowest BCUT2D eigenvalue weighted by Gasteiger charge is -2.27. The van der Waals surface area contributed by atoms with E-state index in [0.717, 1.165) is 50.1 Å². The molecule has 12 rings (SSSR count). The molecule has 12 aromatic rings. The summed E-state index contributed by atoms with van der Waals surface area (Å²) >= 11 is 1.87. The highest BCUT2D eigenvalue weighted by Gasteiger charge is 2.22. The summed E-state index contributed by atoms with van der Waals surface area (Å²) in [4.78, 5) is 2.43. The van der Waals surface area contributed by atoms with Gasteiger partial charge in [-0.1, -0.05) is 152 Å². The molecule has 0 fully saturated rings. The van der Waals surface area contributed by atoms with Crippen molar-refractivity contribution in [3.05, 3.63) is 212 Å². The maximum atomic E-state index is 6.28. The van der Waals surface area contributed by atoms with Crippen LogP contribution < -0.4 is 4.90 Å². The molecule has 3 heteroatoms. The van der Waals surface area contributed by atoms with Gasteiger partial charge in [0.05, 0.1) is 10.4 Å². The molecule has 0 aliphatic rings. The Morgan fingerprint density at radius 1 is 0.356 bits per heavy atom. The van der Waals surface area contributed by atoms with Crippen LogP contribution in [-0.2, 0) is 0 Å². The zero-order valence-electron chi connectivity index (χ0n) is 32.0. The summed E-state index contributed by atoms with van der Waals surface area (Å²) in [6.07, 6.45) is 0. The van der Waals surface area contributed by atoms with Crippen molar-refractivity contribution in [2.75, 3.05) is 4.90 Å². The normalized spacial score (nSPS) is 11.7. The second-order valence-electron chi connectivity index (χ2n) is 15.3. The van der Waals surface area contributed by atoms with E-state index in [0.29, 0.717) is 0 Å². The molecule has 10 aromatic carbocycles. The number of rotatable bonds is 6. The highest BCUT2D eigenvalue weighted by atomic mass is 32.1. The smallest absolute Gasteiger partial charge is 0.136 e. The van der Waals surface area contributed by atoms with Crippen LogP contribution in [0.3, 0.4) is 0 Å². The highest BCUT2D eigenvalue weighted by Crippen LogP contribution is 2.49. The Bertz CT molecular complexity index is 3550. The lowest BCUT2D eigenvalue weighted by Crippen LogP contribution is -2.10. The van der Waals surface area contributed by atoms with Gasteiger partial charge in [0.1, 0.15) is 11.2 Å². The average Bonchev–Trinajstić information content (AvgIpc) is 3.88. The number of nitrogens with zero attached hydrogens (tertiary/aromatic N) is 1. The third-order valence-electron chi connectivity index (χ3n) is 11.9. The number of thiophene rings is 1. The molecule has 0 saturated carbocycles. The van der Waals surface area contributed by atoms with Crippen LogP contribution in [0.4, 0.5) is 17.1 Å². The summed E-state index contributed by atoms with van der Waals surface area (Å²) in [5, 5.41) is 9.84. The molecule has 0 bridgehead atoms. The first-order chi connectivity index (χ1) is 29.2. The quantitative estimate of drug-likeness (QED) is 0.167. The van der Waals surface area contributed by atoms with Crippen molar-refractivity contribution in [1.29, 1.82) is 0 Å². The van der Waals surface area contributed by atoms with Crippen LogP contribution in [0.5, 0.6) is 0 Å². The van der Waals surface area contributed by atoms with E-state index in [-0.39, 0.29) is 0 Å². The van der Waals surface area contributed by atoms with Crippen LogP contribution in [0.1, 0.15) is 0 Å². The lowest BCUT2D eigenvalue weighted by atomic mass is 9.94. The molecule has 59 heavy (non-hydrogen) atoms.